The van der Waals surface area contributed by atoms with E-state index in [0.717, 1.165) is 44.1 Å². The maximum absolute atomic E-state index is 12.1. The molecule has 0 amide bonds. The van der Waals surface area contributed by atoms with E-state index in [-0.39, 0.29) is 11.5 Å². The molecule has 0 aliphatic heterocycles. The molecular formula is C28H42O3S. The number of unbranched alkanes of at least 4 members (excludes halogenated alkanes) is 13. The molecule has 1 aromatic rings. The van der Waals surface area contributed by atoms with Crippen molar-refractivity contribution in [2.24, 2.45) is 0 Å². The first-order chi connectivity index (χ1) is 15.6. The Hall–Kier alpha value is -1.75. The molecular weight excluding hydrogens is 416 g/mol. The van der Waals surface area contributed by atoms with E-state index in [1.165, 1.54) is 57.8 Å². The number of rotatable bonds is 17. The lowest BCUT2D eigenvalue weighted by Gasteiger charge is -2.06. The molecule has 0 radical (unpaired) electrons. The fraction of sp³-hybridized carbons (Fsp3) is 0.643. The van der Waals surface area contributed by atoms with Gasteiger partial charge in [0.15, 0.2) is 0 Å². The highest BCUT2D eigenvalue weighted by atomic mass is 32.2. The average Bonchev–Trinajstić information content (AvgIpc) is 2.78. The summed E-state index contributed by atoms with van der Waals surface area (Å²) < 4.78 is 29.3. The summed E-state index contributed by atoms with van der Waals surface area (Å²) in [4.78, 5) is 0.231. The van der Waals surface area contributed by atoms with Gasteiger partial charge in [-0.15, -0.1) is 0 Å². The molecule has 4 heteroatoms. The molecule has 0 N–H and O–H groups in total. The van der Waals surface area contributed by atoms with E-state index in [1.54, 1.807) is 24.3 Å². The van der Waals surface area contributed by atoms with Crippen molar-refractivity contribution in [1.29, 1.82) is 0 Å². The highest BCUT2D eigenvalue weighted by Gasteiger charge is 2.14. The molecule has 0 atom stereocenters. The van der Waals surface area contributed by atoms with Gasteiger partial charge in [0, 0.05) is 12.8 Å². The maximum atomic E-state index is 12.1. The molecule has 0 aliphatic rings. The van der Waals surface area contributed by atoms with Crippen LogP contribution in [0.3, 0.4) is 0 Å². The minimum atomic E-state index is -3.62. The van der Waals surface area contributed by atoms with E-state index in [1.807, 2.05) is 6.92 Å². The third-order valence-corrected chi connectivity index (χ3v) is 6.72. The molecule has 0 aliphatic carbocycles. The fourth-order valence-electron chi connectivity index (χ4n) is 3.35. The lowest BCUT2D eigenvalue weighted by atomic mass is 10.1. The Morgan fingerprint density at radius 1 is 0.688 bits per heavy atom. The second kappa shape index (κ2) is 18.8. The van der Waals surface area contributed by atoms with Crippen LogP contribution in [0.1, 0.15) is 109 Å². The molecule has 0 fully saturated rings. The SMILES string of the molecule is CCCCCCCCC#CC#CCCCCCCCCCOS(=O)(=O)c1ccc(C)cc1. The van der Waals surface area contributed by atoms with Gasteiger partial charge in [-0.1, -0.05) is 101 Å². The second-order valence-corrected chi connectivity index (χ2v) is 10.1. The molecule has 1 aromatic carbocycles. The van der Waals surface area contributed by atoms with Gasteiger partial charge in [-0.05, 0) is 50.2 Å². The van der Waals surface area contributed by atoms with Crippen LogP contribution in [0, 0.1) is 30.6 Å². The number of aryl methyl sites for hydroxylation is 1. The van der Waals surface area contributed by atoms with Gasteiger partial charge in [-0.25, -0.2) is 0 Å². The maximum Gasteiger partial charge on any atom is 0.296 e. The highest BCUT2D eigenvalue weighted by Crippen LogP contribution is 2.14. The number of hydrogen-bond acceptors (Lipinski definition) is 3. The molecule has 0 spiro atoms. The summed E-state index contributed by atoms with van der Waals surface area (Å²) in [5, 5.41) is 0. The van der Waals surface area contributed by atoms with Crippen molar-refractivity contribution >= 4 is 10.1 Å². The van der Waals surface area contributed by atoms with Crippen molar-refractivity contribution < 1.29 is 12.6 Å². The van der Waals surface area contributed by atoms with E-state index in [0.29, 0.717) is 0 Å². The zero-order valence-electron chi connectivity index (χ0n) is 20.3. The number of hydrogen-bond donors (Lipinski definition) is 0. The summed E-state index contributed by atoms with van der Waals surface area (Å²) in [5.74, 6) is 12.3. The minimum absolute atomic E-state index is 0.231. The lowest BCUT2D eigenvalue weighted by Crippen LogP contribution is -2.07. The van der Waals surface area contributed by atoms with Crippen LogP contribution >= 0.6 is 0 Å². The van der Waals surface area contributed by atoms with E-state index in [4.69, 9.17) is 4.18 Å². The zero-order valence-corrected chi connectivity index (χ0v) is 21.1. The van der Waals surface area contributed by atoms with E-state index >= 15 is 0 Å². The van der Waals surface area contributed by atoms with Crippen molar-refractivity contribution in [1.82, 2.24) is 0 Å². The normalized spacial score (nSPS) is 10.8. The van der Waals surface area contributed by atoms with Crippen LogP contribution in [-0.2, 0) is 14.3 Å². The summed E-state index contributed by atoms with van der Waals surface area (Å²) in [7, 11) is -3.62. The Morgan fingerprint density at radius 3 is 1.69 bits per heavy atom. The monoisotopic (exact) mass is 458 g/mol. The Kier molecular flexibility index (Phi) is 16.6. The van der Waals surface area contributed by atoms with E-state index in [9.17, 15) is 8.42 Å². The molecule has 178 valence electrons. The van der Waals surface area contributed by atoms with E-state index in [2.05, 4.69) is 30.6 Å². The Bertz CT molecular complexity index is 817. The molecule has 0 saturated heterocycles. The van der Waals surface area contributed by atoms with Crippen LogP contribution in [0.4, 0.5) is 0 Å². The van der Waals surface area contributed by atoms with Gasteiger partial charge >= 0.3 is 0 Å². The van der Waals surface area contributed by atoms with Gasteiger partial charge in [-0.3, -0.25) is 4.18 Å². The van der Waals surface area contributed by atoms with Crippen LogP contribution in [-0.4, -0.2) is 15.0 Å². The summed E-state index contributed by atoms with van der Waals surface area (Å²) in [6.07, 6.45) is 17.3. The molecule has 0 bridgehead atoms. The van der Waals surface area contributed by atoms with Gasteiger partial charge in [0.2, 0.25) is 0 Å². The van der Waals surface area contributed by atoms with Crippen LogP contribution < -0.4 is 0 Å². The van der Waals surface area contributed by atoms with Crippen LogP contribution in [0.2, 0.25) is 0 Å². The predicted octanol–water partition coefficient (Wildman–Crippen LogP) is 7.58. The molecule has 0 saturated carbocycles. The van der Waals surface area contributed by atoms with Crippen molar-refractivity contribution in [2.45, 2.75) is 115 Å². The third-order valence-electron chi connectivity index (χ3n) is 5.39. The summed E-state index contributed by atoms with van der Waals surface area (Å²) in [6.45, 7) is 4.43. The van der Waals surface area contributed by atoms with Gasteiger partial charge in [0.25, 0.3) is 10.1 Å². The Balaban J connectivity index is 1.92. The average molecular weight is 459 g/mol. The Morgan fingerprint density at radius 2 is 1.16 bits per heavy atom. The third kappa shape index (κ3) is 15.1. The molecule has 32 heavy (non-hydrogen) atoms. The minimum Gasteiger partial charge on any atom is -0.266 e. The van der Waals surface area contributed by atoms with Gasteiger partial charge in [0.1, 0.15) is 0 Å². The van der Waals surface area contributed by atoms with Crippen molar-refractivity contribution in [2.75, 3.05) is 6.61 Å². The summed E-state index contributed by atoms with van der Waals surface area (Å²) in [5.41, 5.74) is 1.03. The van der Waals surface area contributed by atoms with Gasteiger partial charge in [-0.2, -0.15) is 8.42 Å². The van der Waals surface area contributed by atoms with Crippen LogP contribution in [0.25, 0.3) is 0 Å². The smallest absolute Gasteiger partial charge is 0.266 e. The molecule has 0 unspecified atom stereocenters. The fourth-order valence-corrected chi connectivity index (χ4v) is 4.29. The van der Waals surface area contributed by atoms with Gasteiger partial charge in [0.05, 0.1) is 11.5 Å². The topological polar surface area (TPSA) is 43.4 Å². The molecule has 1 rings (SSSR count). The second-order valence-electron chi connectivity index (χ2n) is 8.44. The lowest BCUT2D eigenvalue weighted by molar-refractivity contribution is 0.306. The molecule has 0 heterocycles. The van der Waals surface area contributed by atoms with Crippen LogP contribution in [0.5, 0.6) is 0 Å². The highest BCUT2D eigenvalue weighted by molar-refractivity contribution is 7.86. The predicted molar refractivity (Wildman–Crippen MR) is 135 cm³/mol. The van der Waals surface area contributed by atoms with Crippen molar-refractivity contribution in [3.63, 3.8) is 0 Å². The standard InChI is InChI=1S/C28H42O3S/c1-3-4-5-6-7-8-9-10-11-12-13-14-15-16-17-18-19-20-21-26-31-32(29,30)28-24-22-27(2)23-25-28/h22-25H,3-9,14-21,26H2,1-2H3. The summed E-state index contributed by atoms with van der Waals surface area (Å²) >= 11 is 0. The Labute approximate surface area is 197 Å². The van der Waals surface area contributed by atoms with E-state index < -0.39 is 10.1 Å². The van der Waals surface area contributed by atoms with Crippen molar-refractivity contribution in [3.05, 3.63) is 29.8 Å². The first-order valence-electron chi connectivity index (χ1n) is 12.5. The first kappa shape index (κ1) is 28.3. The first-order valence-corrected chi connectivity index (χ1v) is 13.9. The van der Waals surface area contributed by atoms with Crippen LogP contribution in [0.15, 0.2) is 29.2 Å². The quantitative estimate of drug-likeness (QED) is 0.137. The molecule has 0 aromatic heterocycles. The van der Waals surface area contributed by atoms with Crippen molar-refractivity contribution in [3.8, 4) is 23.7 Å². The summed E-state index contributed by atoms with van der Waals surface area (Å²) in [6, 6.07) is 6.76. The largest absolute Gasteiger partial charge is 0.296 e. The van der Waals surface area contributed by atoms with Gasteiger partial charge < -0.3 is 0 Å². The molecule has 3 nitrogen and oxygen atoms in total. The number of benzene rings is 1. The zero-order chi connectivity index (χ0) is 23.3.